The second-order valence-electron chi connectivity index (χ2n) is 6.25. The number of alkyl carbamates (subject to hydrolysis) is 1. The van der Waals surface area contributed by atoms with Crippen LogP contribution in [0.1, 0.15) is 53.4 Å². The minimum absolute atomic E-state index is 0.111. The first-order valence-electron chi connectivity index (χ1n) is 7.02. The number of terminal acetylenes is 1. The molecule has 0 bridgehead atoms. The molecule has 4 nitrogen and oxygen atoms in total. The van der Waals surface area contributed by atoms with Gasteiger partial charge in [0.1, 0.15) is 5.60 Å². The molecule has 4 heteroatoms. The predicted molar refractivity (Wildman–Crippen MR) is 76.8 cm³/mol. The van der Waals surface area contributed by atoms with Gasteiger partial charge in [-0.3, -0.25) is 0 Å². The van der Waals surface area contributed by atoms with Gasteiger partial charge < -0.3 is 15.4 Å². The molecule has 1 atom stereocenters. The van der Waals surface area contributed by atoms with E-state index in [9.17, 15) is 4.79 Å². The molecule has 0 saturated heterocycles. The molecule has 19 heavy (non-hydrogen) atoms. The fourth-order valence-corrected chi connectivity index (χ4v) is 2.28. The number of hydrogen-bond acceptors (Lipinski definition) is 3. The second-order valence-corrected chi connectivity index (χ2v) is 6.25. The first kappa shape index (κ1) is 15.8. The lowest BCUT2D eigenvalue weighted by Gasteiger charge is -2.31. The smallest absolute Gasteiger partial charge is 0.407 e. The molecule has 0 spiro atoms. The van der Waals surface area contributed by atoms with Crippen molar-refractivity contribution in [3.8, 4) is 12.3 Å². The molecule has 2 N–H and O–H groups in total. The van der Waals surface area contributed by atoms with E-state index in [0.29, 0.717) is 6.04 Å². The van der Waals surface area contributed by atoms with Crippen LogP contribution in [0.4, 0.5) is 4.79 Å². The summed E-state index contributed by atoms with van der Waals surface area (Å²) in [5.41, 5.74) is -0.439. The van der Waals surface area contributed by atoms with Crippen molar-refractivity contribution >= 4 is 6.09 Å². The van der Waals surface area contributed by atoms with Crippen LogP contribution >= 0.6 is 0 Å². The highest BCUT2D eigenvalue weighted by Crippen LogP contribution is 2.19. The molecule has 1 saturated carbocycles. The Balaban J connectivity index is 2.27. The third-order valence-electron chi connectivity index (χ3n) is 3.18. The molecule has 1 aliphatic rings. The maximum absolute atomic E-state index is 11.7. The van der Waals surface area contributed by atoms with E-state index in [0.717, 1.165) is 25.7 Å². The van der Waals surface area contributed by atoms with E-state index in [-0.39, 0.29) is 18.2 Å². The third kappa shape index (κ3) is 6.49. The van der Waals surface area contributed by atoms with Crippen molar-refractivity contribution in [2.45, 2.75) is 77.1 Å². The largest absolute Gasteiger partial charge is 0.444 e. The summed E-state index contributed by atoms with van der Waals surface area (Å²) in [7, 11) is 0. The average molecular weight is 266 g/mol. The molecule has 1 rings (SSSR count). The minimum Gasteiger partial charge on any atom is -0.444 e. The number of amides is 1. The Morgan fingerprint density at radius 3 is 2.26 bits per heavy atom. The number of carbonyl (C=O) groups is 1. The van der Waals surface area contributed by atoms with E-state index in [1.165, 1.54) is 0 Å². The standard InChI is InChI=1S/C15H26N2O2/c1-6-11(2)16-12-7-9-13(10-8-12)17-14(18)19-15(3,4)5/h1,11-13,16H,7-10H2,2-5H3,(H,17,18). The topological polar surface area (TPSA) is 50.4 Å². The van der Waals surface area contributed by atoms with Crippen LogP contribution in [0.5, 0.6) is 0 Å². The molecule has 1 amide bonds. The minimum atomic E-state index is -0.439. The fraction of sp³-hybridized carbons (Fsp3) is 0.800. The molecular formula is C15H26N2O2. The van der Waals surface area contributed by atoms with Crippen molar-refractivity contribution in [3.05, 3.63) is 0 Å². The van der Waals surface area contributed by atoms with Crippen LogP contribution in [0.3, 0.4) is 0 Å². The highest BCUT2D eigenvalue weighted by molar-refractivity contribution is 5.68. The Labute approximate surface area is 116 Å². The summed E-state index contributed by atoms with van der Waals surface area (Å²) in [5.74, 6) is 2.68. The lowest BCUT2D eigenvalue weighted by Crippen LogP contribution is -2.45. The second kappa shape index (κ2) is 6.81. The Morgan fingerprint density at radius 2 is 1.79 bits per heavy atom. The summed E-state index contributed by atoms with van der Waals surface area (Å²) in [6, 6.07) is 0.789. The quantitative estimate of drug-likeness (QED) is 0.771. The summed E-state index contributed by atoms with van der Waals surface area (Å²) < 4.78 is 5.26. The van der Waals surface area contributed by atoms with Crippen LogP contribution in [0.25, 0.3) is 0 Å². The van der Waals surface area contributed by atoms with E-state index < -0.39 is 5.60 Å². The lowest BCUT2D eigenvalue weighted by atomic mass is 9.91. The summed E-state index contributed by atoms with van der Waals surface area (Å²) in [6.45, 7) is 7.60. The number of carbonyl (C=O) groups excluding carboxylic acids is 1. The fourth-order valence-electron chi connectivity index (χ4n) is 2.28. The molecule has 1 aliphatic carbocycles. The van der Waals surface area contributed by atoms with Gasteiger partial charge in [-0.05, 0) is 53.4 Å². The number of ether oxygens (including phenoxy) is 1. The van der Waals surface area contributed by atoms with Gasteiger partial charge in [0.05, 0.1) is 6.04 Å². The first-order valence-corrected chi connectivity index (χ1v) is 7.02. The Hall–Kier alpha value is -1.21. The zero-order chi connectivity index (χ0) is 14.5. The Morgan fingerprint density at radius 1 is 1.26 bits per heavy atom. The molecule has 0 aromatic carbocycles. The van der Waals surface area contributed by atoms with Gasteiger partial charge in [-0.2, -0.15) is 0 Å². The number of rotatable bonds is 3. The van der Waals surface area contributed by atoms with Crippen molar-refractivity contribution in [2.24, 2.45) is 0 Å². The van der Waals surface area contributed by atoms with Gasteiger partial charge in [-0.1, -0.05) is 5.92 Å². The molecule has 0 aliphatic heterocycles. The molecule has 1 unspecified atom stereocenters. The van der Waals surface area contributed by atoms with Crippen LogP contribution in [0.15, 0.2) is 0 Å². The molecule has 0 aromatic rings. The van der Waals surface area contributed by atoms with Gasteiger partial charge >= 0.3 is 6.09 Å². The number of hydrogen-bond donors (Lipinski definition) is 2. The third-order valence-corrected chi connectivity index (χ3v) is 3.18. The summed E-state index contributed by atoms with van der Waals surface area (Å²) >= 11 is 0. The van der Waals surface area contributed by atoms with Gasteiger partial charge in [0.15, 0.2) is 0 Å². The number of nitrogens with one attached hydrogen (secondary N) is 2. The highest BCUT2D eigenvalue weighted by Gasteiger charge is 2.24. The molecule has 1 fully saturated rings. The van der Waals surface area contributed by atoms with Crippen LogP contribution in [-0.2, 0) is 4.74 Å². The van der Waals surface area contributed by atoms with Crippen LogP contribution in [0.2, 0.25) is 0 Å². The van der Waals surface area contributed by atoms with Crippen LogP contribution in [0, 0.1) is 12.3 Å². The van der Waals surface area contributed by atoms with E-state index in [1.54, 1.807) is 0 Å². The van der Waals surface area contributed by atoms with Gasteiger partial charge in [-0.25, -0.2) is 4.79 Å². The van der Waals surface area contributed by atoms with Gasteiger partial charge in [0.25, 0.3) is 0 Å². The highest BCUT2D eigenvalue weighted by atomic mass is 16.6. The molecule has 0 heterocycles. The van der Waals surface area contributed by atoms with Gasteiger partial charge in [0.2, 0.25) is 0 Å². The lowest BCUT2D eigenvalue weighted by molar-refractivity contribution is 0.0489. The SMILES string of the molecule is C#CC(C)NC1CCC(NC(=O)OC(C)(C)C)CC1. The van der Waals surface area contributed by atoms with E-state index in [1.807, 2.05) is 27.7 Å². The van der Waals surface area contributed by atoms with Crippen LogP contribution < -0.4 is 10.6 Å². The zero-order valence-corrected chi connectivity index (χ0v) is 12.5. The normalized spacial score (nSPS) is 25.2. The summed E-state index contributed by atoms with van der Waals surface area (Å²) in [5, 5.41) is 6.33. The van der Waals surface area contributed by atoms with E-state index >= 15 is 0 Å². The van der Waals surface area contributed by atoms with E-state index in [4.69, 9.17) is 11.2 Å². The van der Waals surface area contributed by atoms with E-state index in [2.05, 4.69) is 16.6 Å². The molecule has 108 valence electrons. The van der Waals surface area contributed by atoms with Crippen LogP contribution in [-0.4, -0.2) is 29.8 Å². The molecule has 0 radical (unpaired) electrons. The molecule has 0 aromatic heterocycles. The monoisotopic (exact) mass is 266 g/mol. The summed E-state index contributed by atoms with van der Waals surface area (Å²) in [4.78, 5) is 11.7. The Bertz CT molecular complexity index is 333. The van der Waals surface area contributed by atoms with Crippen molar-refractivity contribution < 1.29 is 9.53 Å². The van der Waals surface area contributed by atoms with Crippen molar-refractivity contribution in [1.82, 2.24) is 10.6 Å². The van der Waals surface area contributed by atoms with Gasteiger partial charge in [0, 0.05) is 12.1 Å². The predicted octanol–water partition coefficient (Wildman–Crippen LogP) is 2.43. The Kier molecular flexibility index (Phi) is 5.68. The van der Waals surface area contributed by atoms with Crippen molar-refractivity contribution in [1.29, 1.82) is 0 Å². The molecular weight excluding hydrogens is 240 g/mol. The van der Waals surface area contributed by atoms with Crippen molar-refractivity contribution in [3.63, 3.8) is 0 Å². The zero-order valence-electron chi connectivity index (χ0n) is 12.5. The van der Waals surface area contributed by atoms with Gasteiger partial charge in [-0.15, -0.1) is 6.42 Å². The first-order chi connectivity index (χ1) is 8.80. The maximum Gasteiger partial charge on any atom is 0.407 e. The average Bonchev–Trinajstić information content (AvgIpc) is 2.29. The maximum atomic E-state index is 11.7. The summed E-state index contributed by atoms with van der Waals surface area (Å²) in [6.07, 6.45) is 9.04. The van der Waals surface area contributed by atoms with Crippen molar-refractivity contribution in [2.75, 3.05) is 0 Å².